The van der Waals surface area contributed by atoms with Crippen molar-refractivity contribution >= 4 is 28.7 Å². The zero-order valence-corrected chi connectivity index (χ0v) is 18.6. The van der Waals surface area contributed by atoms with Gasteiger partial charge in [-0.1, -0.05) is 12.8 Å². The van der Waals surface area contributed by atoms with Gasteiger partial charge in [0.1, 0.15) is 11.0 Å². The first kappa shape index (κ1) is 21.8. The molecule has 31 heavy (non-hydrogen) atoms. The summed E-state index contributed by atoms with van der Waals surface area (Å²) < 4.78 is 7.39. The highest BCUT2D eigenvalue weighted by Gasteiger charge is 2.26. The lowest BCUT2D eigenvalue weighted by Crippen LogP contribution is -2.44. The summed E-state index contributed by atoms with van der Waals surface area (Å²) in [6, 6.07) is 0.386. The zero-order valence-electron chi connectivity index (χ0n) is 18.6. The van der Waals surface area contributed by atoms with Gasteiger partial charge in [-0.2, -0.15) is 10.1 Å². The maximum atomic E-state index is 12.8. The lowest BCUT2D eigenvalue weighted by molar-refractivity contribution is 0.0950. The van der Waals surface area contributed by atoms with Gasteiger partial charge >= 0.3 is 0 Å². The van der Waals surface area contributed by atoms with Crippen molar-refractivity contribution in [2.45, 2.75) is 52.1 Å². The summed E-state index contributed by atoms with van der Waals surface area (Å²) in [6.07, 6.45) is 4.71. The Bertz CT molecular complexity index is 887. The molecule has 0 spiro atoms. The van der Waals surface area contributed by atoms with Gasteiger partial charge in [-0.3, -0.25) is 9.48 Å². The Balaban J connectivity index is 1.80. The van der Waals surface area contributed by atoms with Gasteiger partial charge in [0, 0.05) is 45.4 Å². The normalized spacial score (nSPS) is 17.4. The Morgan fingerprint density at radius 1 is 1.19 bits per heavy atom. The fourth-order valence-corrected chi connectivity index (χ4v) is 4.30. The lowest BCUT2D eigenvalue weighted by Gasteiger charge is -2.28. The van der Waals surface area contributed by atoms with Crippen molar-refractivity contribution in [3.8, 4) is 0 Å². The Morgan fingerprint density at radius 3 is 2.68 bits per heavy atom. The van der Waals surface area contributed by atoms with Crippen molar-refractivity contribution in [3.63, 3.8) is 0 Å². The molecule has 3 N–H and O–H groups in total. The van der Waals surface area contributed by atoms with Crippen LogP contribution >= 0.6 is 0 Å². The van der Waals surface area contributed by atoms with E-state index >= 15 is 0 Å². The van der Waals surface area contributed by atoms with E-state index in [2.05, 4.69) is 25.9 Å². The van der Waals surface area contributed by atoms with Crippen molar-refractivity contribution in [3.05, 3.63) is 5.69 Å². The number of amides is 1. The predicted molar refractivity (Wildman–Crippen MR) is 121 cm³/mol. The Morgan fingerprint density at radius 2 is 1.97 bits per heavy atom. The van der Waals surface area contributed by atoms with Gasteiger partial charge in [0.05, 0.1) is 13.2 Å². The minimum absolute atomic E-state index is 0.209. The van der Waals surface area contributed by atoms with E-state index in [0.717, 1.165) is 50.4 Å². The molecule has 3 heterocycles. The highest BCUT2D eigenvalue weighted by atomic mass is 16.5. The Kier molecular flexibility index (Phi) is 7.18. The van der Waals surface area contributed by atoms with Crippen molar-refractivity contribution in [2.75, 3.05) is 56.2 Å². The molecule has 10 nitrogen and oxygen atoms in total. The van der Waals surface area contributed by atoms with Gasteiger partial charge < -0.3 is 25.6 Å². The van der Waals surface area contributed by atoms with Gasteiger partial charge in [-0.15, -0.1) is 0 Å². The third kappa shape index (κ3) is 4.90. The van der Waals surface area contributed by atoms with Crippen LogP contribution in [-0.2, 0) is 11.3 Å². The fourth-order valence-electron chi connectivity index (χ4n) is 4.30. The molecule has 2 aromatic rings. The molecule has 4 rings (SSSR count). The average molecular weight is 431 g/mol. The molecule has 0 unspecified atom stereocenters. The Labute approximate surface area is 183 Å². The second-order valence-electron chi connectivity index (χ2n) is 8.06. The molecule has 0 atom stereocenters. The SMILES string of the molecule is CCNC(=O)c1nn(CCOCC)c2c(NC3CCCC3)nc(N3CCNCC3)nc12. The summed E-state index contributed by atoms with van der Waals surface area (Å²) in [5.41, 5.74) is 1.74. The first-order valence-corrected chi connectivity index (χ1v) is 11.6. The number of carbonyl (C=O) groups is 1. The molecule has 1 aliphatic heterocycles. The number of anilines is 2. The van der Waals surface area contributed by atoms with Crippen LogP contribution in [0.15, 0.2) is 0 Å². The zero-order chi connectivity index (χ0) is 21.6. The molecular formula is C21H34N8O2. The third-order valence-electron chi connectivity index (χ3n) is 5.88. The smallest absolute Gasteiger partial charge is 0.274 e. The molecule has 2 aliphatic rings. The summed E-state index contributed by atoms with van der Waals surface area (Å²) in [5, 5.41) is 14.5. The molecule has 0 radical (unpaired) electrons. The van der Waals surface area contributed by atoms with E-state index in [1.54, 1.807) is 0 Å². The van der Waals surface area contributed by atoms with E-state index in [-0.39, 0.29) is 5.91 Å². The van der Waals surface area contributed by atoms with E-state index in [0.29, 0.717) is 49.5 Å². The van der Waals surface area contributed by atoms with Crippen molar-refractivity contribution in [2.24, 2.45) is 0 Å². The summed E-state index contributed by atoms with van der Waals surface area (Å²) in [7, 11) is 0. The molecule has 2 aromatic heterocycles. The first-order chi connectivity index (χ1) is 15.2. The van der Waals surface area contributed by atoms with Crippen molar-refractivity contribution in [1.29, 1.82) is 0 Å². The van der Waals surface area contributed by atoms with E-state index in [9.17, 15) is 4.79 Å². The fraction of sp³-hybridized carbons (Fsp3) is 0.714. The van der Waals surface area contributed by atoms with Gasteiger partial charge in [0.2, 0.25) is 5.95 Å². The second-order valence-corrected chi connectivity index (χ2v) is 8.06. The molecule has 0 aromatic carbocycles. The average Bonchev–Trinajstić information content (AvgIpc) is 3.43. The maximum absolute atomic E-state index is 12.8. The molecule has 1 saturated heterocycles. The number of nitrogens with zero attached hydrogens (tertiary/aromatic N) is 5. The summed E-state index contributed by atoms with van der Waals surface area (Å²) in [4.78, 5) is 24.8. The topological polar surface area (TPSA) is 109 Å². The van der Waals surface area contributed by atoms with Crippen molar-refractivity contribution in [1.82, 2.24) is 30.4 Å². The first-order valence-electron chi connectivity index (χ1n) is 11.6. The van der Waals surface area contributed by atoms with Gasteiger partial charge in [0.25, 0.3) is 5.91 Å². The molecular weight excluding hydrogens is 396 g/mol. The quantitative estimate of drug-likeness (QED) is 0.512. The summed E-state index contributed by atoms with van der Waals surface area (Å²) in [6.45, 7) is 9.57. The van der Waals surface area contributed by atoms with Gasteiger partial charge in [-0.05, 0) is 26.7 Å². The molecule has 170 valence electrons. The van der Waals surface area contributed by atoms with Crippen LogP contribution in [0.1, 0.15) is 50.0 Å². The Hall–Kier alpha value is -2.46. The van der Waals surface area contributed by atoms with Crippen molar-refractivity contribution < 1.29 is 9.53 Å². The lowest BCUT2D eigenvalue weighted by atomic mass is 10.2. The molecule has 1 saturated carbocycles. The van der Waals surface area contributed by atoms with Crippen LogP contribution in [0.2, 0.25) is 0 Å². The predicted octanol–water partition coefficient (Wildman–Crippen LogP) is 1.38. The number of piperazine rings is 1. The number of aromatic nitrogens is 4. The molecule has 1 amide bonds. The van der Waals surface area contributed by atoms with Crippen LogP contribution in [0.25, 0.3) is 11.0 Å². The van der Waals surface area contributed by atoms with Crippen LogP contribution < -0.4 is 20.9 Å². The molecule has 1 aliphatic carbocycles. The highest BCUT2D eigenvalue weighted by molar-refractivity contribution is 6.05. The van der Waals surface area contributed by atoms with E-state index in [1.165, 1.54) is 12.8 Å². The summed E-state index contributed by atoms with van der Waals surface area (Å²) >= 11 is 0. The van der Waals surface area contributed by atoms with E-state index in [1.807, 2.05) is 18.5 Å². The third-order valence-corrected chi connectivity index (χ3v) is 5.88. The number of fused-ring (bicyclic) bond motifs is 1. The highest BCUT2D eigenvalue weighted by Crippen LogP contribution is 2.30. The van der Waals surface area contributed by atoms with Crippen LogP contribution in [0.3, 0.4) is 0 Å². The number of ether oxygens (including phenoxy) is 1. The number of hydrogen-bond donors (Lipinski definition) is 3. The minimum Gasteiger partial charge on any atom is -0.380 e. The van der Waals surface area contributed by atoms with Crippen LogP contribution in [0, 0.1) is 0 Å². The van der Waals surface area contributed by atoms with Gasteiger partial charge in [-0.25, -0.2) is 4.98 Å². The van der Waals surface area contributed by atoms with Crippen LogP contribution in [0.4, 0.5) is 11.8 Å². The minimum atomic E-state index is -0.209. The van der Waals surface area contributed by atoms with E-state index < -0.39 is 0 Å². The number of rotatable bonds is 9. The van der Waals surface area contributed by atoms with Gasteiger partial charge in [0.15, 0.2) is 11.5 Å². The second kappa shape index (κ2) is 10.2. The van der Waals surface area contributed by atoms with Crippen LogP contribution in [0.5, 0.6) is 0 Å². The molecule has 2 fully saturated rings. The standard InChI is InChI=1S/C21H34N8O2/c1-3-23-20(30)17-16-18(29(27-17)13-14-31-4-2)19(24-15-7-5-6-8-15)26-21(25-16)28-11-9-22-10-12-28/h15,22H,3-14H2,1-2H3,(H,23,30)(H,24,25,26). The largest absolute Gasteiger partial charge is 0.380 e. The van der Waals surface area contributed by atoms with Crippen LogP contribution in [-0.4, -0.2) is 77.6 Å². The molecule has 10 heteroatoms. The number of hydrogen-bond acceptors (Lipinski definition) is 8. The molecule has 0 bridgehead atoms. The monoisotopic (exact) mass is 430 g/mol. The van der Waals surface area contributed by atoms with E-state index in [4.69, 9.17) is 14.7 Å². The number of carbonyl (C=O) groups excluding carboxylic acids is 1. The maximum Gasteiger partial charge on any atom is 0.274 e. The number of nitrogens with one attached hydrogen (secondary N) is 3. The summed E-state index contributed by atoms with van der Waals surface area (Å²) in [5.74, 6) is 1.22.